The summed E-state index contributed by atoms with van der Waals surface area (Å²) in [6.07, 6.45) is 3.94. The molecule has 39 heavy (non-hydrogen) atoms. The average molecular weight is 558 g/mol. The number of thiophene rings is 1. The number of hydrogen-bond acceptors (Lipinski definition) is 7. The van der Waals surface area contributed by atoms with Crippen LogP contribution < -0.4 is 10.6 Å². The molecule has 0 saturated carbocycles. The fraction of sp³-hybridized carbons (Fsp3) is 0.241. The number of carbonyl (C=O) groups excluding carboxylic acids is 2. The second kappa shape index (κ2) is 11.1. The number of rotatable bonds is 8. The van der Waals surface area contributed by atoms with E-state index in [1.807, 2.05) is 72.3 Å². The Labute approximate surface area is 233 Å². The van der Waals surface area contributed by atoms with Crippen molar-refractivity contribution in [2.45, 2.75) is 37.4 Å². The zero-order valence-electron chi connectivity index (χ0n) is 21.4. The second-order valence-corrected chi connectivity index (χ2v) is 11.5. The van der Waals surface area contributed by atoms with Gasteiger partial charge in [-0.1, -0.05) is 60.3 Å². The van der Waals surface area contributed by atoms with Crippen LogP contribution in [0.2, 0.25) is 0 Å². The predicted molar refractivity (Wildman–Crippen MR) is 154 cm³/mol. The van der Waals surface area contributed by atoms with Crippen molar-refractivity contribution in [2.24, 2.45) is 7.05 Å². The van der Waals surface area contributed by atoms with E-state index in [9.17, 15) is 9.59 Å². The van der Waals surface area contributed by atoms with Gasteiger partial charge in [0.2, 0.25) is 5.91 Å². The van der Waals surface area contributed by atoms with Gasteiger partial charge >= 0.3 is 0 Å². The van der Waals surface area contributed by atoms with E-state index in [2.05, 4.69) is 20.8 Å². The number of fused-ring (bicyclic) bond motifs is 2. The molecule has 6 rings (SSSR count). The van der Waals surface area contributed by atoms with E-state index in [4.69, 9.17) is 4.42 Å². The highest BCUT2D eigenvalue weighted by Crippen LogP contribution is 2.38. The van der Waals surface area contributed by atoms with Crippen LogP contribution in [0.5, 0.6) is 0 Å². The Balaban J connectivity index is 1.14. The van der Waals surface area contributed by atoms with Gasteiger partial charge in [0, 0.05) is 23.9 Å². The van der Waals surface area contributed by atoms with Crippen LogP contribution in [0.1, 0.15) is 39.2 Å². The van der Waals surface area contributed by atoms with E-state index in [-0.39, 0.29) is 17.6 Å². The van der Waals surface area contributed by atoms with Crippen molar-refractivity contribution < 1.29 is 14.0 Å². The standard InChI is InChI=1S/C29H27N5O3S2/c1-34-26(22-15-19-11-5-7-13-21(19)37-22)32-33-29(34)38-17-24(35)31-28-25(20-12-6-8-14-23(20)39-28)27(36)30-16-18-9-3-2-4-10-18/h2-5,7,9-11,13,15H,6,8,12,14,16-17H2,1H3,(H,30,36)(H,31,35). The van der Waals surface area contributed by atoms with Crippen LogP contribution in [0.4, 0.5) is 5.00 Å². The number of aryl methyl sites for hydroxylation is 1. The Hall–Kier alpha value is -3.89. The van der Waals surface area contributed by atoms with E-state index < -0.39 is 0 Å². The molecule has 0 saturated heterocycles. The molecule has 5 aromatic rings. The lowest BCUT2D eigenvalue weighted by Gasteiger charge is -2.13. The molecule has 8 nitrogen and oxygen atoms in total. The minimum absolute atomic E-state index is 0.139. The summed E-state index contributed by atoms with van der Waals surface area (Å²) in [5.41, 5.74) is 3.49. The smallest absolute Gasteiger partial charge is 0.254 e. The molecule has 0 fully saturated rings. The minimum atomic E-state index is -0.191. The Morgan fingerprint density at radius 2 is 1.85 bits per heavy atom. The fourth-order valence-electron chi connectivity index (χ4n) is 4.80. The van der Waals surface area contributed by atoms with Crippen LogP contribution in [-0.2, 0) is 31.2 Å². The molecule has 2 amide bonds. The first kappa shape index (κ1) is 25.4. The van der Waals surface area contributed by atoms with Crippen molar-refractivity contribution in [1.82, 2.24) is 20.1 Å². The van der Waals surface area contributed by atoms with Crippen molar-refractivity contribution >= 4 is 50.9 Å². The third-order valence-corrected chi connectivity index (χ3v) is 8.99. The van der Waals surface area contributed by atoms with Gasteiger partial charge in [-0.3, -0.25) is 9.59 Å². The summed E-state index contributed by atoms with van der Waals surface area (Å²) in [4.78, 5) is 27.5. The number of hydrogen-bond donors (Lipinski definition) is 2. The van der Waals surface area contributed by atoms with Gasteiger partial charge in [0.05, 0.1) is 11.3 Å². The molecule has 0 aliphatic heterocycles. The molecule has 0 unspecified atom stereocenters. The van der Waals surface area contributed by atoms with Crippen molar-refractivity contribution in [2.75, 3.05) is 11.1 Å². The summed E-state index contributed by atoms with van der Waals surface area (Å²) in [6, 6.07) is 19.5. The number of nitrogens with zero attached hydrogens (tertiary/aromatic N) is 3. The maximum Gasteiger partial charge on any atom is 0.254 e. The zero-order valence-corrected chi connectivity index (χ0v) is 23.0. The summed E-state index contributed by atoms with van der Waals surface area (Å²) >= 11 is 2.81. The maximum absolute atomic E-state index is 13.3. The highest BCUT2D eigenvalue weighted by atomic mass is 32.2. The lowest BCUT2D eigenvalue weighted by Crippen LogP contribution is -2.25. The largest absolute Gasteiger partial charge is 0.453 e. The molecule has 2 aromatic carbocycles. The average Bonchev–Trinajstić information content (AvgIpc) is 3.65. The summed E-state index contributed by atoms with van der Waals surface area (Å²) in [5, 5.41) is 16.8. The zero-order chi connectivity index (χ0) is 26.8. The molecule has 3 heterocycles. The Morgan fingerprint density at radius 1 is 1.05 bits per heavy atom. The van der Waals surface area contributed by atoms with Crippen molar-refractivity contribution in [3.8, 4) is 11.6 Å². The van der Waals surface area contributed by atoms with E-state index in [0.29, 0.717) is 33.9 Å². The summed E-state index contributed by atoms with van der Waals surface area (Å²) in [6.45, 7) is 0.438. The van der Waals surface area contributed by atoms with Crippen LogP contribution in [0.3, 0.4) is 0 Å². The number of thioether (sulfide) groups is 1. The van der Waals surface area contributed by atoms with Crippen LogP contribution >= 0.6 is 23.1 Å². The van der Waals surface area contributed by atoms with Crippen molar-refractivity contribution in [3.05, 3.63) is 82.2 Å². The first-order chi connectivity index (χ1) is 19.1. The van der Waals surface area contributed by atoms with Gasteiger partial charge in [-0.2, -0.15) is 0 Å². The number of benzene rings is 2. The monoisotopic (exact) mass is 557 g/mol. The predicted octanol–water partition coefficient (Wildman–Crippen LogP) is 5.83. The van der Waals surface area contributed by atoms with Crippen LogP contribution in [-0.4, -0.2) is 32.3 Å². The number of anilines is 1. The van der Waals surface area contributed by atoms with Gasteiger partial charge in [0.15, 0.2) is 16.7 Å². The molecule has 1 aliphatic carbocycles. The first-order valence-electron chi connectivity index (χ1n) is 12.8. The fourth-order valence-corrected chi connectivity index (χ4v) is 6.81. The number of para-hydroxylation sites is 1. The van der Waals surface area contributed by atoms with Crippen molar-refractivity contribution in [1.29, 1.82) is 0 Å². The number of furan rings is 1. The molecular formula is C29H27N5O3S2. The summed E-state index contributed by atoms with van der Waals surface area (Å²) in [7, 11) is 1.85. The highest BCUT2D eigenvalue weighted by Gasteiger charge is 2.26. The molecular weight excluding hydrogens is 530 g/mol. The Morgan fingerprint density at radius 3 is 2.69 bits per heavy atom. The van der Waals surface area contributed by atoms with Crippen LogP contribution in [0.15, 0.2) is 70.2 Å². The normalized spacial score (nSPS) is 12.8. The molecule has 0 spiro atoms. The molecule has 1 aliphatic rings. The molecule has 3 aromatic heterocycles. The maximum atomic E-state index is 13.3. The first-order valence-corrected chi connectivity index (χ1v) is 14.6. The van der Waals surface area contributed by atoms with Gasteiger partial charge in [0.25, 0.3) is 5.91 Å². The highest BCUT2D eigenvalue weighted by molar-refractivity contribution is 7.99. The van der Waals surface area contributed by atoms with Crippen LogP contribution in [0.25, 0.3) is 22.6 Å². The van der Waals surface area contributed by atoms with Gasteiger partial charge in [-0.15, -0.1) is 21.5 Å². The second-order valence-electron chi connectivity index (χ2n) is 9.43. The van der Waals surface area contributed by atoms with Gasteiger partial charge < -0.3 is 19.6 Å². The Bertz CT molecular complexity index is 1620. The third-order valence-electron chi connectivity index (χ3n) is 6.76. The molecule has 0 radical (unpaired) electrons. The molecule has 2 N–H and O–H groups in total. The van der Waals surface area contributed by atoms with E-state index in [0.717, 1.165) is 47.8 Å². The van der Waals surface area contributed by atoms with Crippen molar-refractivity contribution in [3.63, 3.8) is 0 Å². The summed E-state index contributed by atoms with van der Waals surface area (Å²) in [5.74, 6) is 1.02. The molecule has 10 heteroatoms. The van der Waals surface area contributed by atoms with Gasteiger partial charge in [-0.25, -0.2) is 0 Å². The lowest BCUT2D eigenvalue weighted by molar-refractivity contribution is -0.113. The molecule has 198 valence electrons. The third kappa shape index (κ3) is 5.35. The number of carbonyl (C=O) groups is 2. The SMILES string of the molecule is Cn1c(SCC(=O)Nc2sc3c(c2C(=O)NCc2ccccc2)CCCC3)nnc1-c1cc2ccccc2o1. The van der Waals surface area contributed by atoms with Crippen LogP contribution in [0, 0.1) is 0 Å². The molecule has 0 atom stereocenters. The van der Waals surface area contributed by atoms with E-state index in [1.165, 1.54) is 28.0 Å². The topological polar surface area (TPSA) is 102 Å². The minimum Gasteiger partial charge on any atom is -0.453 e. The lowest BCUT2D eigenvalue weighted by atomic mass is 9.95. The van der Waals surface area contributed by atoms with Gasteiger partial charge in [-0.05, 0) is 48.9 Å². The number of nitrogens with one attached hydrogen (secondary N) is 2. The Kier molecular flexibility index (Phi) is 7.21. The number of amides is 2. The summed E-state index contributed by atoms with van der Waals surface area (Å²) < 4.78 is 7.75. The quantitative estimate of drug-likeness (QED) is 0.233. The van der Waals surface area contributed by atoms with Gasteiger partial charge in [0.1, 0.15) is 10.6 Å². The molecule has 0 bridgehead atoms. The number of aromatic nitrogens is 3. The van der Waals surface area contributed by atoms with E-state index in [1.54, 1.807) is 0 Å². The van der Waals surface area contributed by atoms with E-state index >= 15 is 0 Å².